The minimum Gasteiger partial charge on any atom is -0.381 e. The zero-order chi connectivity index (χ0) is 17.6. The van der Waals surface area contributed by atoms with Gasteiger partial charge in [-0.3, -0.25) is 9.59 Å². The third-order valence-corrected chi connectivity index (χ3v) is 5.47. The fraction of sp³-hybridized carbons (Fsp3) is 0.529. The quantitative estimate of drug-likeness (QED) is 0.841. The van der Waals surface area contributed by atoms with Crippen LogP contribution in [0.5, 0.6) is 0 Å². The zero-order valence-electron chi connectivity index (χ0n) is 14.4. The first-order valence-corrected chi connectivity index (χ1v) is 8.41. The van der Waals surface area contributed by atoms with Gasteiger partial charge in [0.15, 0.2) is 5.65 Å². The lowest BCUT2D eigenvalue weighted by atomic mass is 9.73. The highest BCUT2D eigenvalue weighted by Gasteiger charge is 2.54. The molecule has 2 aliphatic heterocycles. The van der Waals surface area contributed by atoms with Crippen LogP contribution in [0.2, 0.25) is 0 Å². The summed E-state index contributed by atoms with van der Waals surface area (Å²) in [6.07, 6.45) is 3.89. The van der Waals surface area contributed by atoms with Crippen molar-refractivity contribution in [1.82, 2.24) is 24.8 Å². The minimum absolute atomic E-state index is 0.00518. The van der Waals surface area contributed by atoms with E-state index in [1.165, 1.54) is 0 Å². The largest absolute Gasteiger partial charge is 0.381 e. The highest BCUT2D eigenvalue weighted by Crippen LogP contribution is 2.42. The number of imidazole rings is 1. The molecule has 0 aromatic carbocycles. The molecule has 0 radical (unpaired) electrons. The predicted molar refractivity (Wildman–Crippen MR) is 89.8 cm³/mol. The van der Waals surface area contributed by atoms with E-state index in [4.69, 9.17) is 4.74 Å². The molecule has 2 aliphatic rings. The molecule has 2 amide bonds. The monoisotopic (exact) mass is 343 g/mol. The average molecular weight is 343 g/mol. The lowest BCUT2D eigenvalue weighted by molar-refractivity contribution is -0.138. The van der Waals surface area contributed by atoms with E-state index >= 15 is 0 Å². The fourth-order valence-corrected chi connectivity index (χ4v) is 4.04. The molecular formula is C17H21N5O3. The van der Waals surface area contributed by atoms with E-state index in [1.54, 1.807) is 30.5 Å². The van der Waals surface area contributed by atoms with E-state index in [-0.39, 0.29) is 17.7 Å². The van der Waals surface area contributed by atoms with Crippen molar-refractivity contribution in [2.45, 2.75) is 6.42 Å². The third kappa shape index (κ3) is 2.39. The van der Waals surface area contributed by atoms with Gasteiger partial charge in [-0.05, 0) is 12.5 Å². The van der Waals surface area contributed by atoms with Gasteiger partial charge in [0.05, 0.1) is 23.9 Å². The smallest absolute Gasteiger partial charge is 0.255 e. The van der Waals surface area contributed by atoms with Crippen molar-refractivity contribution in [3.05, 3.63) is 24.2 Å². The molecule has 0 aliphatic carbocycles. The van der Waals surface area contributed by atoms with Crippen LogP contribution in [0, 0.1) is 11.3 Å². The summed E-state index contributed by atoms with van der Waals surface area (Å²) in [5, 5.41) is 2.77. The van der Waals surface area contributed by atoms with Crippen LogP contribution >= 0.6 is 0 Å². The Hall–Kier alpha value is -2.48. The number of aromatic nitrogens is 3. The number of hydrogen-bond acceptors (Lipinski definition) is 5. The number of nitrogens with one attached hydrogen (secondary N) is 1. The van der Waals surface area contributed by atoms with Crippen LogP contribution in [-0.4, -0.2) is 64.6 Å². The first-order chi connectivity index (χ1) is 12.0. The average Bonchev–Trinajstić information content (AvgIpc) is 3.21. The maximum absolute atomic E-state index is 13.0. The first kappa shape index (κ1) is 16.0. The van der Waals surface area contributed by atoms with Gasteiger partial charge in [-0.25, -0.2) is 9.97 Å². The second kappa shape index (κ2) is 5.80. The van der Waals surface area contributed by atoms with Crippen molar-refractivity contribution in [3.63, 3.8) is 0 Å². The van der Waals surface area contributed by atoms with Gasteiger partial charge < -0.3 is 19.5 Å². The summed E-state index contributed by atoms with van der Waals surface area (Å²) < 4.78 is 7.37. The zero-order valence-corrected chi connectivity index (χ0v) is 14.4. The fourth-order valence-electron chi connectivity index (χ4n) is 4.04. The first-order valence-electron chi connectivity index (χ1n) is 8.41. The van der Waals surface area contributed by atoms with Crippen molar-refractivity contribution < 1.29 is 14.3 Å². The van der Waals surface area contributed by atoms with Crippen LogP contribution in [-0.2, 0) is 16.6 Å². The van der Waals surface area contributed by atoms with Gasteiger partial charge in [0, 0.05) is 45.9 Å². The third-order valence-electron chi connectivity index (χ3n) is 5.47. The number of amides is 2. The second-order valence-electron chi connectivity index (χ2n) is 6.86. The van der Waals surface area contributed by atoms with E-state index < -0.39 is 5.41 Å². The Balaban J connectivity index is 1.62. The summed E-state index contributed by atoms with van der Waals surface area (Å²) >= 11 is 0. The number of fused-ring (bicyclic) bond motifs is 2. The molecule has 0 spiro atoms. The van der Waals surface area contributed by atoms with E-state index in [0.717, 1.165) is 5.65 Å². The van der Waals surface area contributed by atoms with Crippen LogP contribution in [0.4, 0.5) is 0 Å². The molecule has 2 aromatic heterocycles. The number of pyridine rings is 1. The molecule has 2 fully saturated rings. The predicted octanol–water partition coefficient (Wildman–Crippen LogP) is 0.193. The number of rotatable bonds is 2. The Bertz CT molecular complexity index is 848. The number of carbonyl (C=O) groups is 2. The highest BCUT2D eigenvalue weighted by molar-refractivity contribution is 5.97. The maximum atomic E-state index is 13.0. The Morgan fingerprint density at radius 2 is 2.24 bits per heavy atom. The second-order valence-corrected chi connectivity index (χ2v) is 6.86. The molecule has 0 unspecified atom stereocenters. The Labute approximate surface area is 145 Å². The molecule has 0 bridgehead atoms. The molecule has 2 aromatic rings. The number of nitrogens with zero attached hydrogens (tertiary/aromatic N) is 4. The van der Waals surface area contributed by atoms with Crippen molar-refractivity contribution in [3.8, 4) is 0 Å². The molecule has 2 atom stereocenters. The van der Waals surface area contributed by atoms with Gasteiger partial charge in [0.2, 0.25) is 5.91 Å². The van der Waals surface area contributed by atoms with E-state index in [0.29, 0.717) is 43.8 Å². The maximum Gasteiger partial charge on any atom is 0.255 e. The lowest BCUT2D eigenvalue weighted by Gasteiger charge is -2.36. The molecule has 25 heavy (non-hydrogen) atoms. The minimum atomic E-state index is -0.550. The summed E-state index contributed by atoms with van der Waals surface area (Å²) in [7, 11) is 3.51. The Kier molecular flexibility index (Phi) is 3.72. The molecule has 1 N–H and O–H groups in total. The van der Waals surface area contributed by atoms with Gasteiger partial charge in [0.1, 0.15) is 5.52 Å². The Morgan fingerprint density at radius 3 is 3.04 bits per heavy atom. The molecule has 2 saturated heterocycles. The SMILES string of the molecule is CNC(=O)[C@]12CCOC[C@H]1CN(C(=O)c1cnc3c(c1)ncn3C)C2. The van der Waals surface area contributed by atoms with Crippen molar-refractivity contribution in [2.75, 3.05) is 33.4 Å². The van der Waals surface area contributed by atoms with Gasteiger partial charge in [-0.15, -0.1) is 0 Å². The number of hydrogen-bond donors (Lipinski definition) is 1. The van der Waals surface area contributed by atoms with Crippen LogP contribution < -0.4 is 5.32 Å². The van der Waals surface area contributed by atoms with Crippen molar-refractivity contribution in [1.29, 1.82) is 0 Å². The van der Waals surface area contributed by atoms with Crippen LogP contribution in [0.1, 0.15) is 16.8 Å². The van der Waals surface area contributed by atoms with Crippen molar-refractivity contribution in [2.24, 2.45) is 18.4 Å². The van der Waals surface area contributed by atoms with E-state index in [9.17, 15) is 9.59 Å². The van der Waals surface area contributed by atoms with Gasteiger partial charge in [-0.1, -0.05) is 0 Å². The highest BCUT2D eigenvalue weighted by atomic mass is 16.5. The molecule has 4 heterocycles. The van der Waals surface area contributed by atoms with E-state index in [1.807, 2.05) is 11.6 Å². The summed E-state index contributed by atoms with van der Waals surface area (Å²) in [5.74, 6) is -0.0937. The van der Waals surface area contributed by atoms with E-state index in [2.05, 4.69) is 15.3 Å². The number of aryl methyl sites for hydroxylation is 1. The summed E-state index contributed by atoms with van der Waals surface area (Å²) in [6, 6.07) is 1.76. The standard InChI is InChI=1S/C17H21N5O3/c1-18-16(24)17-3-4-25-8-12(17)7-22(9-17)15(23)11-5-13-14(19-6-11)21(2)10-20-13/h5-6,10,12H,3-4,7-9H2,1-2H3,(H,18,24)/t12-,17+/m1/s1. The number of likely N-dealkylation sites (tertiary alicyclic amines) is 1. The Morgan fingerprint density at radius 1 is 1.40 bits per heavy atom. The van der Waals surface area contributed by atoms with Gasteiger partial charge >= 0.3 is 0 Å². The van der Waals surface area contributed by atoms with Crippen molar-refractivity contribution >= 4 is 23.0 Å². The van der Waals surface area contributed by atoms with Gasteiger partial charge in [-0.2, -0.15) is 0 Å². The normalized spacial score (nSPS) is 25.8. The summed E-state index contributed by atoms with van der Waals surface area (Å²) in [6.45, 7) is 1.99. The van der Waals surface area contributed by atoms with Crippen LogP contribution in [0.15, 0.2) is 18.6 Å². The molecule has 8 nitrogen and oxygen atoms in total. The summed E-state index contributed by atoms with van der Waals surface area (Å²) in [5.41, 5.74) is 1.37. The van der Waals surface area contributed by atoms with Crippen LogP contribution in [0.25, 0.3) is 11.2 Å². The number of carbonyl (C=O) groups excluding carboxylic acids is 2. The van der Waals surface area contributed by atoms with Crippen LogP contribution in [0.3, 0.4) is 0 Å². The molecule has 8 heteroatoms. The molecule has 0 saturated carbocycles. The lowest BCUT2D eigenvalue weighted by Crippen LogP contribution is -2.49. The molecule has 4 rings (SSSR count). The summed E-state index contributed by atoms with van der Waals surface area (Å²) in [4.78, 5) is 35.8. The molecule has 132 valence electrons. The number of ether oxygens (including phenoxy) is 1. The van der Waals surface area contributed by atoms with Gasteiger partial charge in [0.25, 0.3) is 5.91 Å². The topological polar surface area (TPSA) is 89.3 Å². The molecular weight excluding hydrogens is 322 g/mol.